The number of aliphatic imine (C=N–C) groups is 1. The summed E-state index contributed by atoms with van der Waals surface area (Å²) in [6, 6.07) is 23.9. The molecule has 5 N–H and O–H groups in total. The maximum absolute atomic E-state index is 15.3. The summed E-state index contributed by atoms with van der Waals surface area (Å²) in [6.07, 6.45) is 23.8. The highest BCUT2D eigenvalue weighted by molar-refractivity contribution is 8.77. The fourth-order valence-electron chi connectivity index (χ4n) is 18.8. The molecule has 6 saturated carbocycles. The van der Waals surface area contributed by atoms with Crippen molar-refractivity contribution in [3.05, 3.63) is 94.5 Å². The number of benzene rings is 3. The van der Waals surface area contributed by atoms with Crippen LogP contribution in [0.4, 0.5) is 0 Å². The van der Waals surface area contributed by atoms with E-state index in [9.17, 15) is 15.0 Å². The molecule has 6 heterocycles. The van der Waals surface area contributed by atoms with Gasteiger partial charge in [0.2, 0.25) is 5.91 Å². The lowest BCUT2D eigenvalue weighted by molar-refractivity contribution is -0.168. The van der Waals surface area contributed by atoms with Crippen LogP contribution in [0.1, 0.15) is 201 Å². The number of amides is 1. The highest BCUT2D eigenvalue weighted by Crippen LogP contribution is 2.67. The Kier molecular flexibility index (Phi) is 14.7. The standard InChI is InChI=1S/C67H86N4O6S2/c1-45(72)76-64-33-23-50(56(73)39-64)18-8-14-48(21-20-46-12-4-2-5-13-46)42-78-79-67-30-11-28-62(67)31-22-47(38-62)15-9-27-63(43-69-61(68)70-67)32-26-55(49-16-6-3-7-17-49)65(63)40-57(74)71(44-65)41-53-36-51(24-34-64)58-52-25-35-66(77-60(58)59(53)75)29-10-19-54(66)37-52/h2-7,12-13,16-17,36,47-48,50,52,54-56,73,75H,8,10-11,14-15,18-26,28-35,37-44H2,1H3,(H3,68,69,70). The second-order valence-corrected chi connectivity index (χ2v) is 29.8. The molecule has 15 rings (SSSR count). The number of fused-ring (bicyclic) bond motifs is 11. The number of aromatic hydroxyl groups is 1. The number of phenols is 1. The van der Waals surface area contributed by atoms with Crippen LogP contribution in [-0.4, -0.2) is 74.0 Å². The fraction of sp³-hybridized carbons (Fsp3) is 0.657. The van der Waals surface area contributed by atoms with Crippen LogP contribution in [0, 0.1) is 51.8 Å². The smallest absolute Gasteiger partial charge is 0.303 e. The number of phenolic OH excluding ortho intramolecular Hbond substituents is 1. The van der Waals surface area contributed by atoms with Gasteiger partial charge in [-0.15, -0.1) is 5.92 Å². The minimum Gasteiger partial charge on any atom is -0.504 e. The Morgan fingerprint density at radius 1 is 0.911 bits per heavy atom. The number of aliphatic hydroxyl groups is 1. The zero-order valence-corrected chi connectivity index (χ0v) is 48.6. The molecule has 3 aromatic rings. The number of carbonyl (C=O) groups is 2. The molecule has 5 spiro atoms. The second kappa shape index (κ2) is 21.5. The van der Waals surface area contributed by atoms with Crippen LogP contribution in [-0.2, 0) is 33.7 Å². The summed E-state index contributed by atoms with van der Waals surface area (Å²) in [4.78, 5) is 35.7. The van der Waals surface area contributed by atoms with E-state index >= 15 is 4.79 Å². The normalized spacial score (nSPS) is 39.0. The molecular weight excluding hydrogens is 1020 g/mol. The minimum atomic E-state index is -0.811. The fourth-order valence-corrected chi connectivity index (χ4v) is 22.8. The van der Waals surface area contributed by atoms with Crippen LogP contribution in [0.15, 0.2) is 71.7 Å². The van der Waals surface area contributed by atoms with E-state index in [0.29, 0.717) is 80.2 Å². The molecule has 12 bridgehead atoms. The lowest BCUT2D eigenvalue weighted by atomic mass is 9.60. The van der Waals surface area contributed by atoms with Gasteiger partial charge in [-0.25, -0.2) is 0 Å². The van der Waals surface area contributed by atoms with Crippen molar-refractivity contribution in [2.75, 3.05) is 18.8 Å². The lowest BCUT2D eigenvalue weighted by Crippen LogP contribution is -2.56. The zero-order chi connectivity index (χ0) is 54.0. The molecule has 1 amide bonds. The molecule has 3 aromatic carbocycles. The highest BCUT2D eigenvalue weighted by atomic mass is 33.1. The van der Waals surface area contributed by atoms with Crippen molar-refractivity contribution in [1.82, 2.24) is 10.2 Å². The first-order valence-corrected chi connectivity index (χ1v) is 33.3. The molecule has 422 valence electrons. The zero-order valence-electron chi connectivity index (χ0n) is 46.9. The molecule has 12 heteroatoms. The molecule has 79 heavy (non-hydrogen) atoms. The molecule has 0 radical (unpaired) electrons. The molecule has 6 aliphatic carbocycles. The SMILES string of the molecule is CC(=O)OC12CCc3cc(c(O)c4c3C3CCC5(CCCC5C3)O4)CN3CC4(CC3=O)C(c3ccccc3)CCC43C#CCC4CCC5(CCCC5(NC(N)=NC3)SSCC(CCc3ccccc3)CCCC(CC1)C(O)C2)C4. The summed E-state index contributed by atoms with van der Waals surface area (Å²) < 4.78 is 13.8. The van der Waals surface area contributed by atoms with Crippen LogP contribution in [0.5, 0.6) is 11.5 Å². The first-order chi connectivity index (χ1) is 38.3. The van der Waals surface area contributed by atoms with E-state index in [2.05, 4.69) is 94.7 Å². The van der Waals surface area contributed by atoms with Gasteiger partial charge in [0, 0.05) is 67.0 Å². The second-order valence-electron chi connectivity index (χ2n) is 27.1. The number of nitrogens with one attached hydrogen (secondary N) is 1. The van der Waals surface area contributed by atoms with Crippen molar-refractivity contribution in [1.29, 1.82) is 0 Å². The van der Waals surface area contributed by atoms with Gasteiger partial charge in [0.05, 0.1) is 18.1 Å². The third-order valence-electron chi connectivity index (χ3n) is 22.9. The number of hydrogen-bond donors (Lipinski definition) is 4. The van der Waals surface area contributed by atoms with Crippen LogP contribution in [0.2, 0.25) is 0 Å². The molecular formula is C67H86N4O6S2. The Bertz CT molecular complexity index is 2880. The topological polar surface area (TPSA) is 147 Å². The van der Waals surface area contributed by atoms with Gasteiger partial charge in [-0.1, -0.05) is 94.6 Å². The average molecular weight is 1110 g/mol. The summed E-state index contributed by atoms with van der Waals surface area (Å²) in [5.74, 6) is 11.9. The molecule has 10 nitrogen and oxygen atoms in total. The van der Waals surface area contributed by atoms with Gasteiger partial charge in [-0.05, 0) is 200 Å². The third-order valence-corrected chi connectivity index (χ3v) is 26.3. The monoisotopic (exact) mass is 1110 g/mol. The van der Waals surface area contributed by atoms with E-state index in [-0.39, 0.29) is 57.8 Å². The summed E-state index contributed by atoms with van der Waals surface area (Å²) in [6.45, 7) is 2.68. The van der Waals surface area contributed by atoms with Crippen LogP contribution < -0.4 is 15.8 Å². The quantitative estimate of drug-likeness (QED) is 0.111. The molecule has 1 saturated heterocycles. The lowest BCUT2D eigenvalue weighted by Gasteiger charge is -2.45. The number of aryl methyl sites for hydroxylation is 2. The third kappa shape index (κ3) is 9.79. The molecule has 12 aliphatic rings. The van der Waals surface area contributed by atoms with Crippen molar-refractivity contribution in [2.45, 2.75) is 214 Å². The van der Waals surface area contributed by atoms with Crippen LogP contribution in [0.3, 0.4) is 0 Å². The number of rotatable bonds is 5. The van der Waals surface area contributed by atoms with Crippen molar-refractivity contribution < 1.29 is 29.3 Å². The van der Waals surface area contributed by atoms with E-state index in [1.807, 2.05) is 15.7 Å². The van der Waals surface area contributed by atoms with Crippen molar-refractivity contribution in [3.8, 4) is 23.3 Å². The Labute approximate surface area is 478 Å². The molecule has 13 unspecified atom stereocenters. The average Bonchev–Trinajstić information content (AvgIpc) is 3.94. The first kappa shape index (κ1) is 54.0. The van der Waals surface area contributed by atoms with E-state index < -0.39 is 22.5 Å². The summed E-state index contributed by atoms with van der Waals surface area (Å²) in [5.41, 5.74) is 10.7. The predicted octanol–water partition coefficient (Wildman–Crippen LogP) is 13.1. The minimum absolute atomic E-state index is 0.0691. The van der Waals surface area contributed by atoms with E-state index in [1.165, 1.54) is 24.5 Å². The summed E-state index contributed by atoms with van der Waals surface area (Å²) in [5, 5.41) is 29.1. The van der Waals surface area contributed by atoms with Gasteiger partial charge in [0.25, 0.3) is 0 Å². The van der Waals surface area contributed by atoms with Crippen molar-refractivity contribution in [2.24, 2.45) is 50.6 Å². The molecule has 6 aliphatic heterocycles. The molecule has 0 aromatic heterocycles. The first-order valence-electron chi connectivity index (χ1n) is 31.0. The van der Waals surface area contributed by atoms with Crippen LogP contribution >= 0.6 is 21.6 Å². The van der Waals surface area contributed by atoms with Crippen molar-refractivity contribution in [3.63, 3.8) is 0 Å². The number of guanidine groups is 1. The van der Waals surface area contributed by atoms with Gasteiger partial charge in [-0.3, -0.25) is 14.6 Å². The summed E-state index contributed by atoms with van der Waals surface area (Å²) >= 11 is 0. The number of carbonyl (C=O) groups excluding carboxylic acids is 2. The van der Waals surface area contributed by atoms with E-state index in [4.69, 9.17) is 20.2 Å². The van der Waals surface area contributed by atoms with Crippen LogP contribution in [0.25, 0.3) is 0 Å². The maximum Gasteiger partial charge on any atom is 0.303 e. The number of esters is 1. The Balaban J connectivity index is 0.906. The van der Waals surface area contributed by atoms with Gasteiger partial charge >= 0.3 is 5.97 Å². The molecule has 13 atom stereocenters. The number of hydrogen-bond acceptors (Lipinski definition) is 11. The Hall–Kier alpha value is -4.31. The number of nitrogens with zero attached hydrogens (tertiary/aromatic N) is 2. The van der Waals surface area contributed by atoms with Gasteiger partial charge in [0.1, 0.15) is 16.1 Å². The summed E-state index contributed by atoms with van der Waals surface area (Å²) in [7, 11) is 4.09. The number of ether oxygens (including phenoxy) is 2. The highest BCUT2D eigenvalue weighted by Gasteiger charge is 2.65. The molecule has 7 fully saturated rings. The van der Waals surface area contributed by atoms with Gasteiger partial charge in [-0.2, -0.15) is 0 Å². The van der Waals surface area contributed by atoms with Gasteiger partial charge < -0.3 is 35.6 Å². The van der Waals surface area contributed by atoms with Crippen molar-refractivity contribution >= 4 is 39.4 Å². The maximum atomic E-state index is 15.3. The Morgan fingerprint density at radius 2 is 1.76 bits per heavy atom. The largest absolute Gasteiger partial charge is 0.504 e. The Morgan fingerprint density at radius 3 is 2.59 bits per heavy atom. The van der Waals surface area contributed by atoms with E-state index in [1.54, 1.807) is 0 Å². The van der Waals surface area contributed by atoms with Gasteiger partial charge in [0.15, 0.2) is 17.5 Å². The number of nitrogens with two attached hydrogens (primary N) is 1. The predicted molar refractivity (Wildman–Crippen MR) is 315 cm³/mol. The number of aliphatic hydroxyl groups excluding tert-OH is 1. The van der Waals surface area contributed by atoms with E-state index in [0.717, 1.165) is 145 Å².